The van der Waals surface area contributed by atoms with Gasteiger partial charge in [0.15, 0.2) is 0 Å². The van der Waals surface area contributed by atoms with E-state index in [9.17, 15) is 19.6 Å². The number of hydrogen-bond acceptors (Lipinski definition) is 9. The van der Waals surface area contributed by atoms with E-state index in [4.69, 9.17) is 14.7 Å². The molecule has 2 fully saturated rings. The molecule has 1 unspecified atom stereocenters. The Morgan fingerprint density at radius 2 is 2.05 bits per heavy atom. The summed E-state index contributed by atoms with van der Waals surface area (Å²) in [5.74, 6) is 0.445. The van der Waals surface area contributed by atoms with E-state index < -0.39 is 12.1 Å². The van der Waals surface area contributed by atoms with Gasteiger partial charge >= 0.3 is 12.1 Å². The Bertz CT molecular complexity index is 1500. The number of aromatic nitrogens is 3. The number of carbonyl (C=O) groups is 1. The molecule has 0 spiro atoms. The molecule has 6 rings (SSSR count). The molecule has 2 aromatic heterocycles. The van der Waals surface area contributed by atoms with Crippen molar-refractivity contribution in [2.24, 2.45) is 0 Å². The molecule has 3 aliphatic rings. The number of amides is 1. The van der Waals surface area contributed by atoms with E-state index in [0.717, 1.165) is 52.9 Å². The fraction of sp³-hybridized carbons (Fsp3) is 0.483. The lowest BCUT2D eigenvalue weighted by molar-refractivity contribution is 0.119. The van der Waals surface area contributed by atoms with Crippen LogP contribution in [0, 0.1) is 17.1 Å². The highest BCUT2D eigenvalue weighted by molar-refractivity contribution is 5.93. The summed E-state index contributed by atoms with van der Waals surface area (Å²) in [4.78, 5) is 33.8. The molecule has 0 aliphatic carbocycles. The number of hydrogen-bond donors (Lipinski definition) is 1. The van der Waals surface area contributed by atoms with Gasteiger partial charge in [-0.25, -0.2) is 9.18 Å². The van der Waals surface area contributed by atoms with Gasteiger partial charge in [-0.3, -0.25) is 4.98 Å². The number of anilines is 2. The highest BCUT2D eigenvalue weighted by Crippen LogP contribution is 2.34. The molecule has 1 aromatic carbocycles. The monoisotopic (exact) mass is 560 g/mol. The van der Waals surface area contributed by atoms with Gasteiger partial charge in [-0.05, 0) is 51.1 Å². The van der Waals surface area contributed by atoms with E-state index in [1.54, 1.807) is 18.5 Å². The predicted molar refractivity (Wildman–Crippen MR) is 151 cm³/mol. The Balaban J connectivity index is 1.33. The molecule has 1 amide bonds. The summed E-state index contributed by atoms with van der Waals surface area (Å²) in [5.41, 5.74) is 2.76. The van der Waals surface area contributed by atoms with E-state index in [2.05, 4.69) is 32.8 Å². The van der Waals surface area contributed by atoms with Crippen molar-refractivity contribution in [2.75, 3.05) is 56.2 Å². The van der Waals surface area contributed by atoms with Crippen LogP contribution in [0.3, 0.4) is 0 Å². The minimum Gasteiger partial charge on any atom is -0.465 e. The Morgan fingerprint density at radius 1 is 1.17 bits per heavy atom. The number of benzene rings is 1. The first kappa shape index (κ1) is 27.0. The van der Waals surface area contributed by atoms with E-state index in [1.165, 1.54) is 17.0 Å². The van der Waals surface area contributed by atoms with Gasteiger partial charge in [-0.15, -0.1) is 0 Å². The third-order valence-corrected chi connectivity index (χ3v) is 8.49. The van der Waals surface area contributed by atoms with Gasteiger partial charge in [-0.2, -0.15) is 15.2 Å². The largest absolute Gasteiger partial charge is 0.465 e. The minimum atomic E-state index is -1.02. The number of nitrogens with zero attached hydrogens (tertiary/aromatic N) is 8. The lowest BCUT2D eigenvalue weighted by Crippen LogP contribution is -2.55. The maximum Gasteiger partial charge on any atom is 0.407 e. The maximum atomic E-state index is 13.9. The first-order valence-electron chi connectivity index (χ1n) is 14.0. The van der Waals surface area contributed by atoms with Crippen LogP contribution < -0.4 is 14.5 Å². The van der Waals surface area contributed by atoms with Gasteiger partial charge in [0.25, 0.3) is 0 Å². The van der Waals surface area contributed by atoms with Gasteiger partial charge < -0.3 is 29.4 Å². The Morgan fingerprint density at radius 3 is 2.83 bits per heavy atom. The molecule has 5 heterocycles. The summed E-state index contributed by atoms with van der Waals surface area (Å²) in [7, 11) is 2.10. The number of ether oxygens (including phenoxy) is 1. The molecule has 0 radical (unpaired) electrons. The molecule has 11 nitrogen and oxygen atoms in total. The molecular formula is C29H33FN8O3. The second-order valence-corrected chi connectivity index (χ2v) is 11.0. The van der Waals surface area contributed by atoms with Crippen molar-refractivity contribution in [1.82, 2.24) is 24.8 Å². The molecule has 3 aromatic rings. The molecule has 0 bridgehead atoms. The van der Waals surface area contributed by atoms with Crippen molar-refractivity contribution < 1.29 is 19.0 Å². The van der Waals surface area contributed by atoms with Crippen molar-refractivity contribution in [3.8, 4) is 12.1 Å². The molecule has 41 heavy (non-hydrogen) atoms. The SMILES string of the molecule is CN1CCC[C@H]1COc1nc2c(c(N3CCN(C(=O)O)C(CC#N)C3)n1)CCN(c1cncc3cc(F)ccc13)C2. The number of likely N-dealkylation sites (N-methyl/N-ethyl adjacent to an activating group) is 1. The number of rotatable bonds is 6. The first-order valence-corrected chi connectivity index (χ1v) is 14.0. The lowest BCUT2D eigenvalue weighted by Gasteiger charge is -2.41. The molecule has 2 saturated heterocycles. The Kier molecular flexibility index (Phi) is 7.45. The zero-order valence-corrected chi connectivity index (χ0v) is 23.0. The second kappa shape index (κ2) is 11.3. The average Bonchev–Trinajstić information content (AvgIpc) is 3.39. The van der Waals surface area contributed by atoms with Crippen LogP contribution >= 0.6 is 0 Å². The second-order valence-electron chi connectivity index (χ2n) is 11.0. The van der Waals surface area contributed by atoms with Crippen molar-refractivity contribution >= 4 is 28.4 Å². The summed E-state index contributed by atoms with van der Waals surface area (Å²) in [6.45, 7) is 3.83. The van der Waals surface area contributed by atoms with Gasteiger partial charge in [0, 0.05) is 54.8 Å². The third kappa shape index (κ3) is 5.41. The zero-order valence-electron chi connectivity index (χ0n) is 23.0. The molecular weight excluding hydrogens is 527 g/mol. The summed E-state index contributed by atoms with van der Waals surface area (Å²) in [6, 6.07) is 7.03. The minimum absolute atomic E-state index is 0.107. The van der Waals surface area contributed by atoms with Crippen LogP contribution in [0.1, 0.15) is 30.5 Å². The van der Waals surface area contributed by atoms with E-state index in [1.807, 2.05) is 0 Å². The van der Waals surface area contributed by atoms with Crippen LogP contribution in [0.2, 0.25) is 0 Å². The predicted octanol–water partition coefficient (Wildman–Crippen LogP) is 3.28. The van der Waals surface area contributed by atoms with Crippen molar-refractivity contribution in [1.29, 1.82) is 5.26 Å². The first-order chi connectivity index (χ1) is 19.9. The molecule has 0 saturated carbocycles. The molecule has 12 heteroatoms. The number of fused-ring (bicyclic) bond motifs is 2. The number of halogens is 1. The fourth-order valence-electron chi connectivity index (χ4n) is 6.24. The van der Waals surface area contributed by atoms with Crippen LogP contribution in [0.15, 0.2) is 30.6 Å². The Labute approximate surface area is 237 Å². The van der Waals surface area contributed by atoms with Gasteiger partial charge in [0.2, 0.25) is 0 Å². The normalized spacial score (nSPS) is 21.1. The van der Waals surface area contributed by atoms with Crippen LogP contribution in [-0.4, -0.2) is 94.4 Å². The fourth-order valence-corrected chi connectivity index (χ4v) is 6.24. The molecule has 214 valence electrons. The number of carboxylic acid groups (broad SMARTS) is 1. The number of nitriles is 1. The van der Waals surface area contributed by atoms with Crippen LogP contribution in [0.25, 0.3) is 10.8 Å². The number of likely N-dealkylation sites (tertiary alicyclic amines) is 1. The Hall–Kier alpha value is -4.24. The highest BCUT2D eigenvalue weighted by Gasteiger charge is 2.34. The summed E-state index contributed by atoms with van der Waals surface area (Å²) >= 11 is 0. The van der Waals surface area contributed by atoms with Gasteiger partial charge in [0.05, 0.1) is 42.7 Å². The van der Waals surface area contributed by atoms with Gasteiger partial charge in [-0.1, -0.05) is 0 Å². The molecule has 1 N–H and O–H groups in total. The van der Waals surface area contributed by atoms with Crippen molar-refractivity contribution in [2.45, 2.75) is 44.3 Å². The van der Waals surface area contributed by atoms with Crippen LogP contribution in [0.5, 0.6) is 6.01 Å². The van der Waals surface area contributed by atoms with Crippen LogP contribution in [-0.2, 0) is 13.0 Å². The average molecular weight is 561 g/mol. The van der Waals surface area contributed by atoms with E-state index >= 15 is 0 Å². The molecule has 2 atom stereocenters. The van der Waals surface area contributed by atoms with E-state index in [0.29, 0.717) is 51.3 Å². The van der Waals surface area contributed by atoms with Crippen molar-refractivity contribution in [3.05, 3.63) is 47.7 Å². The van der Waals surface area contributed by atoms with Crippen molar-refractivity contribution in [3.63, 3.8) is 0 Å². The maximum absolute atomic E-state index is 13.9. The summed E-state index contributed by atoms with van der Waals surface area (Å²) < 4.78 is 20.1. The zero-order chi connectivity index (χ0) is 28.5. The quantitative estimate of drug-likeness (QED) is 0.481. The smallest absolute Gasteiger partial charge is 0.407 e. The molecule has 3 aliphatic heterocycles. The number of pyridine rings is 1. The summed E-state index contributed by atoms with van der Waals surface area (Å²) in [6.07, 6.45) is 5.42. The summed E-state index contributed by atoms with van der Waals surface area (Å²) in [5, 5.41) is 20.7. The lowest BCUT2D eigenvalue weighted by atomic mass is 10.0. The van der Waals surface area contributed by atoms with E-state index in [-0.39, 0.29) is 18.8 Å². The third-order valence-electron chi connectivity index (χ3n) is 8.49. The highest BCUT2D eigenvalue weighted by atomic mass is 19.1. The van der Waals surface area contributed by atoms with Gasteiger partial charge in [0.1, 0.15) is 18.2 Å². The number of piperazine rings is 1. The van der Waals surface area contributed by atoms with Crippen LogP contribution in [0.4, 0.5) is 20.7 Å². The standard InChI is InChI=1S/C29H33FN8O3/c1-35-9-2-3-22(35)18-41-28-33-25-17-36(26-15-32-14-19-13-20(30)4-5-23(19)26)10-7-24(25)27(34-28)37-11-12-38(29(39)40)21(16-37)6-8-31/h4-5,13-15,21-22H,2-3,6-7,9-12,16-18H2,1H3,(H,39,40)/t21?,22-/m0/s1. The topological polar surface area (TPSA) is 122 Å².